The van der Waals surface area contributed by atoms with Crippen LogP contribution in [0.2, 0.25) is 0 Å². The van der Waals surface area contributed by atoms with Crippen LogP contribution in [0.1, 0.15) is 34.9 Å². The Balaban J connectivity index is 2.21. The number of hydrogen-bond acceptors (Lipinski definition) is 2. The number of amides is 1. The Kier molecular flexibility index (Phi) is 1.80. The Hall–Kier alpha value is -1.84. The van der Waals surface area contributed by atoms with Gasteiger partial charge in [-0.25, -0.2) is 4.39 Å². The van der Waals surface area contributed by atoms with Crippen molar-refractivity contribution in [3.8, 4) is 0 Å². The summed E-state index contributed by atoms with van der Waals surface area (Å²) in [5, 5.41) is 0.318. The molecule has 0 radical (unpaired) electrons. The molecule has 2 aromatic rings. The topological polar surface area (TPSA) is 56.2 Å². The third-order valence-corrected chi connectivity index (χ3v) is 2.90. The number of nitrogens with two attached hydrogens (primary N) is 1. The maximum Gasteiger partial charge on any atom is 0.284 e. The molecule has 1 aromatic carbocycles. The summed E-state index contributed by atoms with van der Waals surface area (Å²) < 4.78 is 18.9. The number of furan rings is 1. The highest BCUT2D eigenvalue weighted by Crippen LogP contribution is 2.41. The molecule has 1 heterocycles. The minimum Gasteiger partial charge on any atom is -0.451 e. The normalized spacial score (nSPS) is 15.6. The molecule has 0 saturated heterocycles. The quantitative estimate of drug-likeness (QED) is 0.843. The number of carbonyl (C=O) groups excluding carboxylic acids is 1. The van der Waals surface area contributed by atoms with Crippen LogP contribution in [-0.2, 0) is 0 Å². The zero-order chi connectivity index (χ0) is 11.3. The van der Waals surface area contributed by atoms with E-state index in [1.807, 2.05) is 0 Å². The minimum absolute atomic E-state index is 0.00171. The molecule has 1 aliphatic carbocycles. The lowest BCUT2D eigenvalue weighted by Gasteiger charge is -1.98. The summed E-state index contributed by atoms with van der Waals surface area (Å²) in [6.07, 6.45) is 2.18. The van der Waals surface area contributed by atoms with Gasteiger partial charge in [0, 0.05) is 6.07 Å². The number of fused-ring (bicyclic) bond motifs is 1. The average molecular weight is 219 g/mol. The highest BCUT2D eigenvalue weighted by atomic mass is 19.1. The van der Waals surface area contributed by atoms with Gasteiger partial charge in [-0.15, -0.1) is 0 Å². The lowest BCUT2D eigenvalue weighted by molar-refractivity contribution is 0.0976. The number of primary amides is 1. The van der Waals surface area contributed by atoms with Crippen LogP contribution in [0.5, 0.6) is 0 Å². The van der Waals surface area contributed by atoms with Crippen molar-refractivity contribution < 1.29 is 13.6 Å². The first kappa shape index (κ1) is 9.39. The van der Waals surface area contributed by atoms with Gasteiger partial charge in [0.25, 0.3) is 5.91 Å². The van der Waals surface area contributed by atoms with Crippen molar-refractivity contribution in [3.05, 3.63) is 35.3 Å². The Labute approximate surface area is 91.0 Å². The SMILES string of the molecule is NC(=O)c1cc2c(F)cc(C3CC3)cc2o1. The van der Waals surface area contributed by atoms with Crippen LogP contribution in [0, 0.1) is 5.82 Å². The molecule has 2 N–H and O–H groups in total. The molecule has 0 spiro atoms. The van der Waals surface area contributed by atoms with Crippen LogP contribution >= 0.6 is 0 Å². The molecule has 4 heteroatoms. The number of carbonyl (C=O) groups is 1. The molecule has 1 amide bonds. The Morgan fingerprint density at radius 3 is 2.75 bits per heavy atom. The van der Waals surface area contributed by atoms with E-state index in [2.05, 4.69) is 0 Å². The van der Waals surface area contributed by atoms with Gasteiger partial charge in [0.05, 0.1) is 5.39 Å². The Bertz CT molecular complexity index is 584. The second-order valence-corrected chi connectivity index (χ2v) is 4.16. The summed E-state index contributed by atoms with van der Waals surface area (Å²) in [5.41, 5.74) is 6.42. The molecule has 1 saturated carbocycles. The smallest absolute Gasteiger partial charge is 0.284 e. The third-order valence-electron chi connectivity index (χ3n) is 2.90. The van der Waals surface area contributed by atoms with E-state index in [0.717, 1.165) is 18.4 Å². The van der Waals surface area contributed by atoms with Gasteiger partial charge in [0.15, 0.2) is 5.76 Å². The van der Waals surface area contributed by atoms with Crippen LogP contribution in [0.25, 0.3) is 11.0 Å². The molecule has 16 heavy (non-hydrogen) atoms. The van der Waals surface area contributed by atoms with Gasteiger partial charge in [0.2, 0.25) is 0 Å². The van der Waals surface area contributed by atoms with Crippen molar-refractivity contribution in [3.63, 3.8) is 0 Å². The van der Waals surface area contributed by atoms with Crippen molar-refractivity contribution in [2.75, 3.05) is 0 Å². The van der Waals surface area contributed by atoms with E-state index in [1.165, 1.54) is 12.1 Å². The summed E-state index contributed by atoms with van der Waals surface area (Å²) in [4.78, 5) is 10.9. The zero-order valence-electron chi connectivity index (χ0n) is 8.50. The molecule has 1 aliphatic rings. The first-order valence-electron chi connectivity index (χ1n) is 5.18. The standard InChI is InChI=1S/C12H10FNO2/c13-9-3-7(6-1-2-6)4-10-8(9)5-11(16-10)12(14)15/h3-6H,1-2H2,(H2,14,15). The van der Waals surface area contributed by atoms with Gasteiger partial charge in [-0.3, -0.25) is 4.79 Å². The lowest BCUT2D eigenvalue weighted by atomic mass is 10.1. The molecule has 3 nitrogen and oxygen atoms in total. The van der Waals surface area contributed by atoms with E-state index >= 15 is 0 Å². The second kappa shape index (κ2) is 3.07. The Morgan fingerprint density at radius 1 is 1.38 bits per heavy atom. The first-order chi connectivity index (χ1) is 7.65. The molecule has 1 fully saturated rings. The van der Waals surface area contributed by atoms with Crippen LogP contribution < -0.4 is 5.73 Å². The van der Waals surface area contributed by atoms with Gasteiger partial charge in [-0.1, -0.05) is 0 Å². The molecule has 0 atom stereocenters. The maximum atomic E-state index is 13.7. The summed E-state index contributed by atoms with van der Waals surface area (Å²) >= 11 is 0. The highest BCUT2D eigenvalue weighted by Gasteiger charge is 2.25. The maximum absolute atomic E-state index is 13.7. The summed E-state index contributed by atoms with van der Waals surface area (Å²) in [7, 11) is 0. The molecule has 82 valence electrons. The van der Waals surface area contributed by atoms with Gasteiger partial charge in [-0.05, 0) is 36.5 Å². The fourth-order valence-electron chi connectivity index (χ4n) is 1.89. The van der Waals surface area contributed by atoms with E-state index in [1.54, 1.807) is 6.07 Å². The predicted molar refractivity (Wildman–Crippen MR) is 56.7 cm³/mol. The van der Waals surface area contributed by atoms with Crippen molar-refractivity contribution in [1.82, 2.24) is 0 Å². The predicted octanol–water partition coefficient (Wildman–Crippen LogP) is 2.55. The van der Waals surface area contributed by atoms with Crippen molar-refractivity contribution in [2.24, 2.45) is 5.73 Å². The largest absolute Gasteiger partial charge is 0.451 e. The van der Waals surface area contributed by atoms with Crippen molar-refractivity contribution >= 4 is 16.9 Å². The third kappa shape index (κ3) is 1.38. The number of halogens is 1. The van der Waals surface area contributed by atoms with Gasteiger partial charge >= 0.3 is 0 Å². The van der Waals surface area contributed by atoms with Gasteiger partial charge in [0.1, 0.15) is 11.4 Å². The van der Waals surface area contributed by atoms with Crippen molar-refractivity contribution in [2.45, 2.75) is 18.8 Å². The van der Waals surface area contributed by atoms with E-state index in [-0.39, 0.29) is 11.6 Å². The van der Waals surface area contributed by atoms with Gasteiger partial charge in [-0.2, -0.15) is 0 Å². The van der Waals surface area contributed by atoms with E-state index in [4.69, 9.17) is 10.2 Å². The fourth-order valence-corrected chi connectivity index (χ4v) is 1.89. The molecule has 0 bridgehead atoms. The fraction of sp³-hybridized carbons (Fsp3) is 0.250. The van der Waals surface area contributed by atoms with E-state index in [9.17, 15) is 9.18 Å². The molecule has 3 rings (SSSR count). The first-order valence-corrected chi connectivity index (χ1v) is 5.18. The summed E-state index contributed by atoms with van der Waals surface area (Å²) in [6, 6.07) is 4.66. The van der Waals surface area contributed by atoms with E-state index < -0.39 is 5.91 Å². The van der Waals surface area contributed by atoms with Crippen LogP contribution in [0.3, 0.4) is 0 Å². The molecular formula is C12H10FNO2. The summed E-state index contributed by atoms with van der Waals surface area (Å²) in [5.74, 6) is -0.581. The zero-order valence-corrected chi connectivity index (χ0v) is 8.50. The molecular weight excluding hydrogens is 209 g/mol. The van der Waals surface area contributed by atoms with E-state index in [0.29, 0.717) is 16.9 Å². The highest BCUT2D eigenvalue weighted by molar-refractivity contribution is 5.95. The molecule has 0 unspecified atom stereocenters. The number of rotatable bonds is 2. The van der Waals surface area contributed by atoms with Crippen molar-refractivity contribution in [1.29, 1.82) is 0 Å². The monoisotopic (exact) mass is 219 g/mol. The number of hydrogen-bond donors (Lipinski definition) is 1. The van der Waals surface area contributed by atoms with Crippen LogP contribution in [-0.4, -0.2) is 5.91 Å². The summed E-state index contributed by atoms with van der Waals surface area (Å²) in [6.45, 7) is 0. The second-order valence-electron chi connectivity index (χ2n) is 4.16. The van der Waals surface area contributed by atoms with Gasteiger partial charge < -0.3 is 10.2 Å². The number of benzene rings is 1. The molecule has 1 aromatic heterocycles. The lowest BCUT2D eigenvalue weighted by Crippen LogP contribution is -2.08. The van der Waals surface area contributed by atoms with Crippen LogP contribution in [0.15, 0.2) is 22.6 Å². The minimum atomic E-state index is -0.677. The Morgan fingerprint density at radius 2 is 2.12 bits per heavy atom. The van der Waals surface area contributed by atoms with Crippen LogP contribution in [0.4, 0.5) is 4.39 Å². The average Bonchev–Trinajstić information content (AvgIpc) is 2.97. The molecule has 0 aliphatic heterocycles.